The van der Waals surface area contributed by atoms with Crippen molar-refractivity contribution in [3.63, 3.8) is 0 Å². The van der Waals surface area contributed by atoms with E-state index in [0.717, 1.165) is 6.54 Å². The van der Waals surface area contributed by atoms with Crippen LogP contribution in [0.4, 0.5) is 0 Å². The van der Waals surface area contributed by atoms with Crippen LogP contribution in [-0.4, -0.2) is 30.3 Å². The molecule has 0 saturated heterocycles. The van der Waals surface area contributed by atoms with Crippen molar-refractivity contribution < 1.29 is 14.6 Å². The molecule has 118 valence electrons. The first kappa shape index (κ1) is 17.5. The molecule has 0 aliphatic heterocycles. The first-order chi connectivity index (χ1) is 10.1. The molecule has 0 spiro atoms. The van der Waals surface area contributed by atoms with E-state index in [2.05, 4.69) is 19.2 Å². The number of hydrogen-bond acceptors (Lipinski definition) is 3. The fourth-order valence-electron chi connectivity index (χ4n) is 2.17. The predicted octanol–water partition coefficient (Wildman–Crippen LogP) is 3.71. The number of nitrogens with one attached hydrogen (secondary N) is 1. The highest BCUT2D eigenvalue weighted by atomic mass is 16.5. The third kappa shape index (κ3) is 7.71. The Morgan fingerprint density at radius 1 is 1.33 bits per heavy atom. The second-order valence-corrected chi connectivity index (χ2v) is 5.39. The van der Waals surface area contributed by atoms with Crippen LogP contribution in [0.3, 0.4) is 0 Å². The number of aromatic carboxylic acids is 1. The number of carboxylic acid groups (broad SMARTS) is 1. The molecule has 0 aliphatic rings. The maximum absolute atomic E-state index is 10.9. The lowest BCUT2D eigenvalue weighted by molar-refractivity contribution is 0.0696. The van der Waals surface area contributed by atoms with Gasteiger partial charge in [-0.3, -0.25) is 0 Å². The number of hydrogen-bond donors (Lipinski definition) is 2. The van der Waals surface area contributed by atoms with Gasteiger partial charge in [-0.05, 0) is 31.5 Å². The van der Waals surface area contributed by atoms with Crippen molar-refractivity contribution in [1.29, 1.82) is 0 Å². The van der Waals surface area contributed by atoms with Crippen molar-refractivity contribution in [1.82, 2.24) is 5.32 Å². The van der Waals surface area contributed by atoms with Crippen molar-refractivity contribution in [3.8, 4) is 5.75 Å². The second kappa shape index (κ2) is 10.2. The molecule has 0 fully saturated rings. The SMILES string of the molecule is CCCCCCC(C)NCCOc1cccc(C(=O)O)c1. The minimum Gasteiger partial charge on any atom is -0.492 e. The van der Waals surface area contributed by atoms with Crippen LogP contribution >= 0.6 is 0 Å². The topological polar surface area (TPSA) is 58.6 Å². The highest BCUT2D eigenvalue weighted by Gasteiger charge is 2.04. The zero-order chi connectivity index (χ0) is 15.5. The van der Waals surface area contributed by atoms with Gasteiger partial charge >= 0.3 is 5.97 Å². The average molecular weight is 293 g/mol. The lowest BCUT2D eigenvalue weighted by Gasteiger charge is -2.14. The smallest absolute Gasteiger partial charge is 0.335 e. The monoisotopic (exact) mass is 293 g/mol. The molecule has 0 bridgehead atoms. The zero-order valence-corrected chi connectivity index (χ0v) is 13.1. The van der Waals surface area contributed by atoms with E-state index in [9.17, 15) is 4.79 Å². The summed E-state index contributed by atoms with van der Waals surface area (Å²) < 4.78 is 5.56. The van der Waals surface area contributed by atoms with E-state index in [1.165, 1.54) is 32.1 Å². The number of unbranched alkanes of at least 4 members (excludes halogenated alkanes) is 3. The maximum atomic E-state index is 10.9. The minimum atomic E-state index is -0.931. The Hall–Kier alpha value is -1.55. The number of benzene rings is 1. The van der Waals surface area contributed by atoms with Crippen molar-refractivity contribution >= 4 is 5.97 Å². The maximum Gasteiger partial charge on any atom is 0.335 e. The summed E-state index contributed by atoms with van der Waals surface area (Å²) in [5, 5.41) is 12.3. The molecule has 21 heavy (non-hydrogen) atoms. The quantitative estimate of drug-likeness (QED) is 0.611. The van der Waals surface area contributed by atoms with Gasteiger partial charge in [-0.2, -0.15) is 0 Å². The summed E-state index contributed by atoms with van der Waals surface area (Å²) in [6.45, 7) is 5.73. The van der Waals surface area contributed by atoms with E-state index < -0.39 is 5.97 Å². The van der Waals surface area contributed by atoms with E-state index in [1.54, 1.807) is 24.3 Å². The van der Waals surface area contributed by atoms with Gasteiger partial charge in [-0.25, -0.2) is 4.79 Å². The molecule has 0 saturated carbocycles. The summed E-state index contributed by atoms with van der Waals surface area (Å²) in [6, 6.07) is 7.08. The first-order valence-electron chi connectivity index (χ1n) is 7.83. The van der Waals surface area contributed by atoms with Crippen molar-refractivity contribution in [3.05, 3.63) is 29.8 Å². The van der Waals surface area contributed by atoms with Crippen LogP contribution in [-0.2, 0) is 0 Å². The standard InChI is InChI=1S/C17H27NO3/c1-3-4-5-6-8-14(2)18-11-12-21-16-10-7-9-15(13-16)17(19)20/h7,9-10,13-14,18H,3-6,8,11-12H2,1-2H3,(H,19,20). The Bertz CT molecular complexity index is 420. The van der Waals surface area contributed by atoms with Gasteiger partial charge in [-0.15, -0.1) is 0 Å². The normalized spacial score (nSPS) is 12.1. The summed E-state index contributed by atoms with van der Waals surface area (Å²) in [7, 11) is 0. The molecule has 0 aromatic heterocycles. The Morgan fingerprint density at radius 3 is 2.86 bits per heavy atom. The molecule has 4 heteroatoms. The van der Waals surface area contributed by atoms with Crippen LogP contribution in [0.2, 0.25) is 0 Å². The Labute approximate surface area is 127 Å². The number of ether oxygens (including phenoxy) is 1. The number of carbonyl (C=O) groups is 1. The van der Waals surface area contributed by atoms with E-state index in [1.807, 2.05) is 0 Å². The molecule has 4 nitrogen and oxygen atoms in total. The Balaban J connectivity index is 2.16. The van der Waals surface area contributed by atoms with Gasteiger partial charge in [0, 0.05) is 12.6 Å². The summed E-state index contributed by atoms with van der Waals surface area (Å²) in [4.78, 5) is 10.9. The fraction of sp³-hybridized carbons (Fsp3) is 0.588. The second-order valence-electron chi connectivity index (χ2n) is 5.39. The van der Waals surface area contributed by atoms with Crippen LogP contribution in [0.5, 0.6) is 5.75 Å². The zero-order valence-electron chi connectivity index (χ0n) is 13.1. The average Bonchev–Trinajstić information content (AvgIpc) is 2.48. The molecule has 0 amide bonds. The summed E-state index contributed by atoms with van der Waals surface area (Å²) >= 11 is 0. The minimum absolute atomic E-state index is 0.254. The third-order valence-electron chi connectivity index (χ3n) is 3.44. The molecule has 0 radical (unpaired) electrons. The van der Waals surface area contributed by atoms with E-state index in [0.29, 0.717) is 18.4 Å². The Morgan fingerprint density at radius 2 is 2.14 bits per heavy atom. The summed E-state index contributed by atoms with van der Waals surface area (Å²) in [5.74, 6) is -0.327. The molecule has 2 N–H and O–H groups in total. The van der Waals surface area contributed by atoms with Gasteiger partial charge in [0.25, 0.3) is 0 Å². The van der Waals surface area contributed by atoms with Crippen LogP contribution < -0.4 is 10.1 Å². The van der Waals surface area contributed by atoms with Crippen molar-refractivity contribution in [2.45, 2.75) is 52.0 Å². The molecule has 1 rings (SSSR count). The summed E-state index contributed by atoms with van der Waals surface area (Å²) in [5.41, 5.74) is 0.254. The number of carboxylic acids is 1. The van der Waals surface area contributed by atoms with Crippen LogP contribution in [0.15, 0.2) is 24.3 Å². The van der Waals surface area contributed by atoms with Crippen molar-refractivity contribution in [2.24, 2.45) is 0 Å². The molecular formula is C17H27NO3. The van der Waals surface area contributed by atoms with Gasteiger partial charge in [-0.1, -0.05) is 38.7 Å². The molecule has 1 aromatic carbocycles. The van der Waals surface area contributed by atoms with Gasteiger partial charge in [0.2, 0.25) is 0 Å². The lowest BCUT2D eigenvalue weighted by Crippen LogP contribution is -2.30. The van der Waals surface area contributed by atoms with Crippen LogP contribution in [0.25, 0.3) is 0 Å². The number of rotatable bonds is 11. The van der Waals surface area contributed by atoms with Gasteiger partial charge in [0.1, 0.15) is 12.4 Å². The summed E-state index contributed by atoms with van der Waals surface area (Å²) in [6.07, 6.45) is 6.35. The van der Waals surface area contributed by atoms with Crippen LogP contribution in [0, 0.1) is 0 Å². The molecule has 1 aromatic rings. The van der Waals surface area contributed by atoms with Gasteiger partial charge in [0.05, 0.1) is 5.56 Å². The van der Waals surface area contributed by atoms with Crippen molar-refractivity contribution in [2.75, 3.05) is 13.2 Å². The van der Waals surface area contributed by atoms with E-state index in [-0.39, 0.29) is 5.56 Å². The lowest BCUT2D eigenvalue weighted by atomic mass is 10.1. The predicted molar refractivity (Wildman–Crippen MR) is 85.1 cm³/mol. The Kier molecular flexibility index (Phi) is 8.51. The van der Waals surface area contributed by atoms with Gasteiger partial charge < -0.3 is 15.2 Å². The molecule has 0 heterocycles. The molecule has 1 atom stereocenters. The fourth-order valence-corrected chi connectivity index (χ4v) is 2.17. The third-order valence-corrected chi connectivity index (χ3v) is 3.44. The highest BCUT2D eigenvalue weighted by molar-refractivity contribution is 5.87. The first-order valence-corrected chi connectivity index (χ1v) is 7.83. The largest absolute Gasteiger partial charge is 0.492 e. The van der Waals surface area contributed by atoms with E-state index >= 15 is 0 Å². The molecule has 0 aliphatic carbocycles. The van der Waals surface area contributed by atoms with Crippen LogP contribution in [0.1, 0.15) is 56.3 Å². The highest BCUT2D eigenvalue weighted by Crippen LogP contribution is 2.13. The molecule has 1 unspecified atom stereocenters. The van der Waals surface area contributed by atoms with E-state index in [4.69, 9.17) is 9.84 Å². The molecular weight excluding hydrogens is 266 g/mol. The van der Waals surface area contributed by atoms with Gasteiger partial charge in [0.15, 0.2) is 0 Å².